The van der Waals surface area contributed by atoms with Gasteiger partial charge in [0.05, 0.1) is 19.3 Å². The lowest BCUT2D eigenvalue weighted by Gasteiger charge is -2.33. The fraction of sp³-hybridized carbons (Fsp3) is 0.562. The van der Waals surface area contributed by atoms with E-state index >= 15 is 0 Å². The van der Waals surface area contributed by atoms with Gasteiger partial charge < -0.3 is 19.9 Å². The Kier molecular flexibility index (Phi) is 6.17. The molecule has 2 N–H and O–H groups in total. The third-order valence-corrected chi connectivity index (χ3v) is 3.83. The summed E-state index contributed by atoms with van der Waals surface area (Å²) in [6.07, 6.45) is 0.251. The van der Waals surface area contributed by atoms with Crippen molar-refractivity contribution in [2.75, 3.05) is 26.9 Å². The average molecular weight is 293 g/mol. The van der Waals surface area contributed by atoms with Crippen molar-refractivity contribution < 1.29 is 19.4 Å². The van der Waals surface area contributed by atoms with Gasteiger partial charge in [0.2, 0.25) is 5.91 Å². The van der Waals surface area contributed by atoms with Gasteiger partial charge >= 0.3 is 0 Å². The van der Waals surface area contributed by atoms with Gasteiger partial charge in [0, 0.05) is 26.0 Å². The molecule has 0 bridgehead atoms. The highest BCUT2D eigenvalue weighted by Gasteiger charge is 2.32. The number of aryl methyl sites for hydroxylation is 1. The van der Waals surface area contributed by atoms with Crippen LogP contribution in [0.25, 0.3) is 0 Å². The molecule has 1 aromatic carbocycles. The summed E-state index contributed by atoms with van der Waals surface area (Å²) in [6, 6.07) is 9.91. The lowest BCUT2D eigenvalue weighted by molar-refractivity contribution is -0.136. The molecule has 1 heterocycles. The molecule has 0 radical (unpaired) electrons. The van der Waals surface area contributed by atoms with Crippen molar-refractivity contribution in [3.8, 4) is 0 Å². The van der Waals surface area contributed by atoms with Crippen LogP contribution in [-0.2, 0) is 20.7 Å². The van der Waals surface area contributed by atoms with Crippen molar-refractivity contribution in [2.24, 2.45) is 5.92 Å². The lowest BCUT2D eigenvalue weighted by Crippen LogP contribution is -2.49. The van der Waals surface area contributed by atoms with Gasteiger partial charge in [-0.25, -0.2) is 0 Å². The molecule has 3 atom stereocenters. The molecule has 1 aliphatic heterocycles. The number of benzene rings is 1. The van der Waals surface area contributed by atoms with Crippen LogP contribution in [0.5, 0.6) is 0 Å². The summed E-state index contributed by atoms with van der Waals surface area (Å²) in [7, 11) is 1.55. The third kappa shape index (κ3) is 4.81. The zero-order valence-electron chi connectivity index (χ0n) is 12.3. The van der Waals surface area contributed by atoms with Gasteiger partial charge in [-0.05, 0) is 12.0 Å². The molecule has 0 spiro atoms. The number of aliphatic hydroxyl groups excluding tert-OH is 1. The maximum Gasteiger partial charge on any atom is 0.220 e. The number of hydrogen-bond donors (Lipinski definition) is 2. The van der Waals surface area contributed by atoms with E-state index in [0.29, 0.717) is 26.2 Å². The van der Waals surface area contributed by atoms with Crippen LogP contribution in [-0.4, -0.2) is 50.1 Å². The Morgan fingerprint density at radius 2 is 2.14 bits per heavy atom. The Hall–Kier alpha value is -1.43. The normalized spacial score (nSPS) is 25.5. The smallest absolute Gasteiger partial charge is 0.220 e. The molecule has 5 heteroatoms. The number of amides is 1. The van der Waals surface area contributed by atoms with E-state index in [-0.39, 0.29) is 17.9 Å². The third-order valence-electron chi connectivity index (χ3n) is 3.83. The molecule has 1 aliphatic rings. The summed E-state index contributed by atoms with van der Waals surface area (Å²) >= 11 is 0. The minimum absolute atomic E-state index is 0.00871. The van der Waals surface area contributed by atoms with Gasteiger partial charge in [0.1, 0.15) is 6.10 Å². The number of aliphatic hydroxyl groups is 1. The van der Waals surface area contributed by atoms with Crippen LogP contribution >= 0.6 is 0 Å². The van der Waals surface area contributed by atoms with Crippen LogP contribution in [0.2, 0.25) is 0 Å². The maximum atomic E-state index is 11.9. The number of carbonyl (C=O) groups is 1. The Morgan fingerprint density at radius 3 is 2.86 bits per heavy atom. The van der Waals surface area contributed by atoms with Crippen molar-refractivity contribution in [3.63, 3.8) is 0 Å². The Labute approximate surface area is 125 Å². The van der Waals surface area contributed by atoms with Gasteiger partial charge in [-0.1, -0.05) is 30.3 Å². The second-order valence-electron chi connectivity index (χ2n) is 5.35. The zero-order chi connectivity index (χ0) is 15.1. The van der Waals surface area contributed by atoms with Crippen molar-refractivity contribution >= 4 is 5.91 Å². The minimum atomic E-state index is -0.599. The first kappa shape index (κ1) is 15.9. The Balaban J connectivity index is 1.71. The van der Waals surface area contributed by atoms with E-state index < -0.39 is 6.10 Å². The molecule has 1 saturated heterocycles. The van der Waals surface area contributed by atoms with Gasteiger partial charge in [0.15, 0.2) is 0 Å². The molecule has 1 aromatic rings. The highest BCUT2D eigenvalue weighted by Crippen LogP contribution is 2.16. The second kappa shape index (κ2) is 8.12. The van der Waals surface area contributed by atoms with Gasteiger partial charge in [0.25, 0.3) is 0 Å². The van der Waals surface area contributed by atoms with Crippen LogP contribution < -0.4 is 5.32 Å². The number of ether oxygens (including phenoxy) is 2. The minimum Gasteiger partial charge on any atom is -0.390 e. The predicted molar refractivity (Wildman–Crippen MR) is 78.9 cm³/mol. The summed E-state index contributed by atoms with van der Waals surface area (Å²) in [5, 5.41) is 13.0. The topological polar surface area (TPSA) is 67.8 Å². The molecule has 0 saturated carbocycles. The van der Waals surface area contributed by atoms with Crippen LogP contribution in [0.1, 0.15) is 12.0 Å². The molecule has 0 aromatic heterocycles. The Bertz CT molecular complexity index is 437. The molecular formula is C16H23NO4. The van der Waals surface area contributed by atoms with Gasteiger partial charge in [-0.15, -0.1) is 0 Å². The predicted octanol–water partition coefficient (Wildman–Crippen LogP) is 0.758. The largest absolute Gasteiger partial charge is 0.390 e. The van der Waals surface area contributed by atoms with Crippen molar-refractivity contribution in [1.29, 1.82) is 0 Å². The standard InChI is InChI=1S/C16H23NO4/c1-20-14-11-21-10-13(16(14)19)9-17-15(18)8-7-12-5-3-2-4-6-12/h2-6,13-14,16,19H,7-11H2,1H3,(H,17,18)/t13-,14-,16+/m1/s1. The highest BCUT2D eigenvalue weighted by molar-refractivity contribution is 5.76. The first-order valence-corrected chi connectivity index (χ1v) is 7.30. The van der Waals surface area contributed by atoms with E-state index in [2.05, 4.69) is 5.32 Å². The van der Waals surface area contributed by atoms with Crippen LogP contribution in [0.3, 0.4) is 0 Å². The van der Waals surface area contributed by atoms with E-state index in [0.717, 1.165) is 12.0 Å². The number of methoxy groups -OCH3 is 1. The van der Waals surface area contributed by atoms with E-state index in [4.69, 9.17) is 9.47 Å². The van der Waals surface area contributed by atoms with Gasteiger partial charge in [-0.3, -0.25) is 4.79 Å². The summed E-state index contributed by atoms with van der Waals surface area (Å²) in [5.41, 5.74) is 1.15. The lowest BCUT2D eigenvalue weighted by atomic mass is 9.96. The number of hydrogen-bond acceptors (Lipinski definition) is 4. The maximum absolute atomic E-state index is 11.9. The summed E-state index contributed by atoms with van der Waals surface area (Å²) in [4.78, 5) is 11.9. The SMILES string of the molecule is CO[C@@H]1COC[C@@H](CNC(=O)CCc2ccccc2)[C@@H]1O. The van der Waals surface area contributed by atoms with E-state index in [9.17, 15) is 9.90 Å². The number of nitrogens with one attached hydrogen (secondary N) is 1. The molecule has 0 unspecified atom stereocenters. The van der Waals surface area contributed by atoms with Crippen LogP contribution in [0.15, 0.2) is 30.3 Å². The molecule has 2 rings (SSSR count). The van der Waals surface area contributed by atoms with Crippen molar-refractivity contribution in [1.82, 2.24) is 5.32 Å². The molecular weight excluding hydrogens is 270 g/mol. The van der Waals surface area contributed by atoms with E-state index in [1.165, 1.54) is 0 Å². The van der Waals surface area contributed by atoms with Crippen LogP contribution in [0.4, 0.5) is 0 Å². The fourth-order valence-corrected chi connectivity index (χ4v) is 2.46. The number of carbonyl (C=O) groups excluding carboxylic acids is 1. The first-order valence-electron chi connectivity index (χ1n) is 7.30. The highest BCUT2D eigenvalue weighted by atomic mass is 16.5. The molecule has 21 heavy (non-hydrogen) atoms. The molecule has 5 nitrogen and oxygen atoms in total. The zero-order valence-corrected chi connectivity index (χ0v) is 12.3. The summed E-state index contributed by atoms with van der Waals surface area (Å²) in [6.45, 7) is 1.25. The van der Waals surface area contributed by atoms with Crippen molar-refractivity contribution in [3.05, 3.63) is 35.9 Å². The molecule has 116 valence electrons. The summed E-state index contributed by atoms with van der Waals surface area (Å²) < 4.78 is 10.5. The van der Waals surface area contributed by atoms with E-state index in [1.807, 2.05) is 30.3 Å². The van der Waals surface area contributed by atoms with Gasteiger partial charge in [-0.2, -0.15) is 0 Å². The average Bonchev–Trinajstić information content (AvgIpc) is 2.53. The van der Waals surface area contributed by atoms with Crippen molar-refractivity contribution in [2.45, 2.75) is 25.0 Å². The molecule has 1 amide bonds. The molecule has 0 aliphatic carbocycles. The number of rotatable bonds is 6. The quantitative estimate of drug-likeness (QED) is 0.812. The monoisotopic (exact) mass is 293 g/mol. The first-order chi connectivity index (χ1) is 10.2. The van der Waals surface area contributed by atoms with E-state index in [1.54, 1.807) is 7.11 Å². The van der Waals surface area contributed by atoms with Crippen LogP contribution in [0, 0.1) is 5.92 Å². The second-order valence-corrected chi connectivity index (χ2v) is 5.35. The fourth-order valence-electron chi connectivity index (χ4n) is 2.46. The Morgan fingerprint density at radius 1 is 1.38 bits per heavy atom. The molecule has 1 fully saturated rings. The summed E-state index contributed by atoms with van der Waals surface area (Å²) in [5.74, 6) is -0.130.